The Morgan fingerprint density at radius 3 is 2.62 bits per heavy atom. The lowest BCUT2D eigenvalue weighted by Crippen LogP contribution is -2.63. The highest BCUT2D eigenvalue weighted by atomic mass is 35.5. The van der Waals surface area contributed by atoms with Gasteiger partial charge in [0.25, 0.3) is 0 Å². The maximum Gasteiger partial charge on any atom is 0.0406 e. The molecule has 2 nitrogen and oxygen atoms in total. The smallest absolute Gasteiger partial charge is 0.0406 e. The summed E-state index contributed by atoms with van der Waals surface area (Å²) in [6.45, 7) is 8.08. The fourth-order valence-corrected chi connectivity index (χ4v) is 3.83. The highest BCUT2D eigenvalue weighted by molar-refractivity contribution is 6.30. The highest BCUT2D eigenvalue weighted by Crippen LogP contribution is 2.44. The molecule has 2 aliphatic rings. The van der Waals surface area contributed by atoms with Crippen molar-refractivity contribution in [2.45, 2.75) is 57.7 Å². The van der Waals surface area contributed by atoms with E-state index >= 15 is 0 Å². The van der Waals surface area contributed by atoms with E-state index in [1.165, 1.54) is 37.8 Å². The Morgan fingerprint density at radius 1 is 1.29 bits per heavy atom. The Hall–Kier alpha value is -0.570. The molecule has 2 unspecified atom stereocenters. The van der Waals surface area contributed by atoms with Crippen LogP contribution in [0.15, 0.2) is 24.3 Å². The SMILES string of the molecule is CCCC1CN(Cc2ccc(Cl)cc2)C(C)(C2CC2)CN1. The van der Waals surface area contributed by atoms with Crippen molar-refractivity contribution in [1.29, 1.82) is 0 Å². The van der Waals surface area contributed by atoms with Gasteiger partial charge >= 0.3 is 0 Å². The van der Waals surface area contributed by atoms with Crippen LogP contribution in [0.4, 0.5) is 0 Å². The van der Waals surface area contributed by atoms with Gasteiger partial charge in [-0.25, -0.2) is 0 Å². The van der Waals surface area contributed by atoms with Crippen LogP contribution in [0.5, 0.6) is 0 Å². The average molecular weight is 307 g/mol. The molecule has 2 atom stereocenters. The molecule has 116 valence electrons. The zero-order valence-electron chi connectivity index (χ0n) is 13.2. The van der Waals surface area contributed by atoms with Gasteiger partial charge in [0.1, 0.15) is 0 Å². The molecular weight excluding hydrogens is 280 g/mol. The lowest BCUT2D eigenvalue weighted by atomic mass is 9.88. The van der Waals surface area contributed by atoms with Crippen LogP contribution in [0, 0.1) is 5.92 Å². The predicted molar refractivity (Wildman–Crippen MR) is 89.7 cm³/mol. The van der Waals surface area contributed by atoms with E-state index in [0.29, 0.717) is 11.6 Å². The van der Waals surface area contributed by atoms with Crippen LogP contribution in [0.1, 0.15) is 45.1 Å². The summed E-state index contributed by atoms with van der Waals surface area (Å²) < 4.78 is 0. The molecule has 1 aliphatic carbocycles. The van der Waals surface area contributed by atoms with Gasteiger partial charge in [-0.3, -0.25) is 4.90 Å². The van der Waals surface area contributed by atoms with Crippen LogP contribution in [0.2, 0.25) is 5.02 Å². The predicted octanol–water partition coefficient (Wildman–Crippen LogP) is 4.08. The van der Waals surface area contributed by atoms with Gasteiger partial charge in [-0.15, -0.1) is 0 Å². The molecule has 0 radical (unpaired) electrons. The molecule has 1 aliphatic heterocycles. The van der Waals surface area contributed by atoms with Gasteiger partial charge in [-0.2, -0.15) is 0 Å². The summed E-state index contributed by atoms with van der Waals surface area (Å²) in [5.41, 5.74) is 1.70. The molecule has 0 spiro atoms. The van der Waals surface area contributed by atoms with E-state index in [9.17, 15) is 0 Å². The monoisotopic (exact) mass is 306 g/mol. The Labute approximate surface area is 133 Å². The summed E-state index contributed by atoms with van der Waals surface area (Å²) in [5.74, 6) is 0.875. The Balaban J connectivity index is 1.74. The molecule has 0 bridgehead atoms. The van der Waals surface area contributed by atoms with Crippen molar-refractivity contribution in [3.8, 4) is 0 Å². The molecular formula is C18H27ClN2. The molecule has 3 heteroatoms. The molecule has 1 aromatic rings. The molecule has 0 aromatic heterocycles. The van der Waals surface area contributed by atoms with Crippen LogP contribution in [-0.2, 0) is 6.54 Å². The van der Waals surface area contributed by atoms with Crippen LogP contribution in [-0.4, -0.2) is 29.6 Å². The van der Waals surface area contributed by atoms with E-state index in [1.807, 2.05) is 12.1 Å². The lowest BCUT2D eigenvalue weighted by molar-refractivity contribution is 0.0260. The van der Waals surface area contributed by atoms with Gasteiger partial charge in [-0.05, 0) is 49.8 Å². The second-order valence-electron chi connectivity index (χ2n) is 7.00. The lowest BCUT2D eigenvalue weighted by Gasteiger charge is -2.49. The van der Waals surface area contributed by atoms with Crippen molar-refractivity contribution in [2.75, 3.05) is 13.1 Å². The summed E-state index contributed by atoms with van der Waals surface area (Å²) in [6, 6.07) is 9.02. The van der Waals surface area contributed by atoms with E-state index < -0.39 is 0 Å². The third kappa shape index (κ3) is 3.44. The van der Waals surface area contributed by atoms with Crippen molar-refractivity contribution in [3.05, 3.63) is 34.9 Å². The third-order valence-electron chi connectivity index (χ3n) is 5.29. The summed E-state index contributed by atoms with van der Waals surface area (Å²) >= 11 is 6.01. The molecule has 1 N–H and O–H groups in total. The van der Waals surface area contributed by atoms with Gasteiger partial charge in [-0.1, -0.05) is 37.1 Å². The number of piperazine rings is 1. The van der Waals surface area contributed by atoms with E-state index in [2.05, 4.69) is 36.2 Å². The van der Waals surface area contributed by atoms with Gasteiger partial charge in [0, 0.05) is 36.2 Å². The molecule has 2 fully saturated rings. The topological polar surface area (TPSA) is 15.3 Å². The first-order valence-corrected chi connectivity index (χ1v) is 8.72. The van der Waals surface area contributed by atoms with Gasteiger partial charge < -0.3 is 5.32 Å². The van der Waals surface area contributed by atoms with E-state index in [0.717, 1.165) is 24.0 Å². The first-order chi connectivity index (χ1) is 10.1. The van der Waals surface area contributed by atoms with E-state index in [-0.39, 0.29) is 0 Å². The Morgan fingerprint density at radius 2 is 2.00 bits per heavy atom. The number of halogens is 1. The fraction of sp³-hybridized carbons (Fsp3) is 0.667. The minimum atomic E-state index is 0.323. The van der Waals surface area contributed by atoms with Crippen LogP contribution >= 0.6 is 11.6 Å². The van der Waals surface area contributed by atoms with Crippen molar-refractivity contribution in [1.82, 2.24) is 10.2 Å². The first-order valence-electron chi connectivity index (χ1n) is 8.34. The normalized spacial score (nSPS) is 30.5. The number of hydrogen-bond donors (Lipinski definition) is 1. The summed E-state index contributed by atoms with van der Waals surface area (Å²) in [5, 5.41) is 4.62. The Kier molecular flexibility index (Phi) is 4.58. The number of hydrogen-bond acceptors (Lipinski definition) is 2. The largest absolute Gasteiger partial charge is 0.311 e. The minimum Gasteiger partial charge on any atom is -0.311 e. The van der Waals surface area contributed by atoms with Crippen molar-refractivity contribution >= 4 is 11.6 Å². The zero-order chi connectivity index (χ0) is 14.9. The van der Waals surface area contributed by atoms with Crippen molar-refractivity contribution < 1.29 is 0 Å². The second-order valence-corrected chi connectivity index (χ2v) is 7.44. The quantitative estimate of drug-likeness (QED) is 0.881. The van der Waals surface area contributed by atoms with Crippen LogP contribution < -0.4 is 5.32 Å². The second kappa shape index (κ2) is 6.28. The van der Waals surface area contributed by atoms with Crippen molar-refractivity contribution in [3.63, 3.8) is 0 Å². The molecule has 21 heavy (non-hydrogen) atoms. The maximum absolute atomic E-state index is 6.01. The number of nitrogens with zero attached hydrogens (tertiary/aromatic N) is 1. The molecule has 3 rings (SSSR count). The first kappa shape index (κ1) is 15.3. The third-order valence-corrected chi connectivity index (χ3v) is 5.54. The fourth-order valence-electron chi connectivity index (χ4n) is 3.71. The molecule has 1 heterocycles. The minimum absolute atomic E-state index is 0.323. The maximum atomic E-state index is 6.01. The van der Waals surface area contributed by atoms with Crippen molar-refractivity contribution in [2.24, 2.45) is 5.92 Å². The summed E-state index contributed by atoms with van der Waals surface area (Å²) in [6.07, 6.45) is 5.33. The van der Waals surface area contributed by atoms with Gasteiger partial charge in [0.15, 0.2) is 0 Å². The summed E-state index contributed by atoms with van der Waals surface area (Å²) in [4.78, 5) is 2.73. The molecule has 1 aromatic carbocycles. The van der Waals surface area contributed by atoms with E-state index in [4.69, 9.17) is 11.6 Å². The standard InChI is InChI=1S/C18H27ClN2/c1-3-4-17-12-21(11-14-5-9-16(19)10-6-14)18(2,13-20-17)15-7-8-15/h5-6,9-10,15,17,20H,3-4,7-8,11-13H2,1-2H3. The van der Waals surface area contributed by atoms with Gasteiger partial charge in [0.05, 0.1) is 0 Å². The Bertz CT molecular complexity index is 469. The van der Waals surface area contributed by atoms with Crippen LogP contribution in [0.25, 0.3) is 0 Å². The van der Waals surface area contributed by atoms with Crippen LogP contribution in [0.3, 0.4) is 0 Å². The zero-order valence-corrected chi connectivity index (χ0v) is 14.0. The number of rotatable bonds is 5. The summed E-state index contributed by atoms with van der Waals surface area (Å²) in [7, 11) is 0. The molecule has 1 saturated heterocycles. The number of nitrogens with one attached hydrogen (secondary N) is 1. The molecule has 1 saturated carbocycles. The van der Waals surface area contributed by atoms with E-state index in [1.54, 1.807) is 0 Å². The molecule has 0 amide bonds. The van der Waals surface area contributed by atoms with Gasteiger partial charge in [0.2, 0.25) is 0 Å². The number of benzene rings is 1. The highest BCUT2D eigenvalue weighted by Gasteiger charge is 2.47. The average Bonchev–Trinajstić information content (AvgIpc) is 3.30.